The second kappa shape index (κ2) is 3.24. The van der Waals surface area contributed by atoms with E-state index >= 15 is 0 Å². The molecule has 0 bridgehead atoms. The van der Waals surface area contributed by atoms with E-state index < -0.39 is 0 Å². The van der Waals surface area contributed by atoms with Crippen LogP contribution < -0.4 is 0 Å². The first-order valence-corrected chi connectivity index (χ1v) is 4.16. The van der Waals surface area contributed by atoms with Crippen molar-refractivity contribution in [3.8, 4) is 0 Å². The molecule has 0 N–H and O–H groups in total. The van der Waals surface area contributed by atoms with E-state index in [9.17, 15) is 0 Å². The standard InChI is InChI=1S/C9H17/c1-3-8-5-6-9(4-2)7-8/h8-9H,1,3-7H2,2H3. The molecule has 0 heteroatoms. The molecule has 0 aliphatic heterocycles. The van der Waals surface area contributed by atoms with Crippen LogP contribution >= 0.6 is 0 Å². The Bertz CT molecular complexity index is 66.1. The van der Waals surface area contributed by atoms with Gasteiger partial charge in [0, 0.05) is 0 Å². The highest BCUT2D eigenvalue weighted by Gasteiger charge is 2.20. The van der Waals surface area contributed by atoms with Crippen molar-refractivity contribution in [3.63, 3.8) is 0 Å². The van der Waals surface area contributed by atoms with Gasteiger partial charge in [-0.3, -0.25) is 0 Å². The summed E-state index contributed by atoms with van der Waals surface area (Å²) in [5.41, 5.74) is 0. The van der Waals surface area contributed by atoms with Crippen molar-refractivity contribution < 1.29 is 0 Å². The molecule has 2 unspecified atom stereocenters. The van der Waals surface area contributed by atoms with Gasteiger partial charge in [0.15, 0.2) is 0 Å². The summed E-state index contributed by atoms with van der Waals surface area (Å²) in [4.78, 5) is 0. The normalized spacial score (nSPS) is 35.3. The fourth-order valence-electron chi connectivity index (χ4n) is 1.81. The molecule has 1 aliphatic carbocycles. The largest absolute Gasteiger partial charge is 0.0651 e. The predicted molar refractivity (Wildman–Crippen MR) is 41.1 cm³/mol. The first-order valence-electron chi connectivity index (χ1n) is 4.16. The molecule has 0 saturated heterocycles. The number of hydrogen-bond acceptors (Lipinski definition) is 0. The van der Waals surface area contributed by atoms with Gasteiger partial charge in [-0.15, -0.1) is 0 Å². The lowest BCUT2D eigenvalue weighted by Crippen LogP contribution is -1.92. The number of hydrogen-bond donors (Lipinski definition) is 0. The van der Waals surface area contributed by atoms with Crippen molar-refractivity contribution in [2.45, 2.75) is 39.0 Å². The molecule has 1 aliphatic rings. The van der Waals surface area contributed by atoms with Crippen LogP contribution in [0.5, 0.6) is 0 Å². The molecular weight excluding hydrogens is 108 g/mol. The molecule has 1 rings (SSSR count). The molecular formula is C9H17. The first-order chi connectivity index (χ1) is 4.36. The molecule has 0 amide bonds. The van der Waals surface area contributed by atoms with Crippen LogP contribution in [0.25, 0.3) is 0 Å². The smallest absolute Gasteiger partial charge is 0.0412 e. The summed E-state index contributed by atoms with van der Waals surface area (Å²) in [5.74, 6) is 2.01. The highest BCUT2D eigenvalue weighted by atomic mass is 14.3. The van der Waals surface area contributed by atoms with Crippen molar-refractivity contribution in [2.75, 3.05) is 0 Å². The van der Waals surface area contributed by atoms with Gasteiger partial charge < -0.3 is 0 Å². The van der Waals surface area contributed by atoms with E-state index in [0.717, 1.165) is 18.3 Å². The highest BCUT2D eigenvalue weighted by Crippen LogP contribution is 2.34. The minimum atomic E-state index is 0.968. The van der Waals surface area contributed by atoms with Crippen LogP contribution in [0, 0.1) is 18.8 Å². The van der Waals surface area contributed by atoms with Crippen LogP contribution in [0.3, 0.4) is 0 Å². The fraction of sp³-hybridized carbons (Fsp3) is 0.889. The van der Waals surface area contributed by atoms with E-state index in [1.165, 1.54) is 25.7 Å². The zero-order chi connectivity index (χ0) is 6.69. The molecule has 0 spiro atoms. The van der Waals surface area contributed by atoms with Gasteiger partial charge in [-0.2, -0.15) is 0 Å². The first kappa shape index (κ1) is 7.11. The SMILES string of the molecule is [CH2]CC1CCC(CC)C1. The molecule has 2 atom stereocenters. The number of rotatable bonds is 2. The lowest BCUT2D eigenvalue weighted by Gasteiger charge is -2.05. The van der Waals surface area contributed by atoms with Gasteiger partial charge in [-0.1, -0.05) is 39.5 Å². The Balaban J connectivity index is 2.20. The van der Waals surface area contributed by atoms with Crippen LogP contribution in [0.1, 0.15) is 39.0 Å². The lowest BCUT2D eigenvalue weighted by atomic mass is 10.0. The molecule has 1 saturated carbocycles. The second-order valence-electron chi connectivity index (χ2n) is 3.24. The molecule has 0 nitrogen and oxygen atoms in total. The predicted octanol–water partition coefficient (Wildman–Crippen LogP) is 3.04. The summed E-state index contributed by atoms with van der Waals surface area (Å²) in [6.45, 7) is 6.24. The van der Waals surface area contributed by atoms with Gasteiger partial charge in [0.25, 0.3) is 0 Å². The van der Waals surface area contributed by atoms with E-state index in [1.807, 2.05) is 0 Å². The molecule has 1 fully saturated rings. The van der Waals surface area contributed by atoms with E-state index in [4.69, 9.17) is 0 Å². The van der Waals surface area contributed by atoms with Crippen molar-refractivity contribution in [3.05, 3.63) is 6.92 Å². The maximum atomic E-state index is 3.94. The van der Waals surface area contributed by atoms with Crippen LogP contribution in [0.4, 0.5) is 0 Å². The maximum Gasteiger partial charge on any atom is -0.0412 e. The van der Waals surface area contributed by atoms with Gasteiger partial charge >= 0.3 is 0 Å². The summed E-state index contributed by atoms with van der Waals surface area (Å²) in [7, 11) is 0. The zero-order valence-corrected chi connectivity index (χ0v) is 6.40. The molecule has 0 aromatic carbocycles. The van der Waals surface area contributed by atoms with Crippen LogP contribution in [0.15, 0.2) is 0 Å². The quantitative estimate of drug-likeness (QED) is 0.532. The zero-order valence-electron chi connectivity index (χ0n) is 6.40. The summed E-state index contributed by atoms with van der Waals surface area (Å²) in [5, 5.41) is 0. The van der Waals surface area contributed by atoms with Crippen LogP contribution in [0.2, 0.25) is 0 Å². The van der Waals surface area contributed by atoms with Crippen molar-refractivity contribution in [2.24, 2.45) is 11.8 Å². The summed E-state index contributed by atoms with van der Waals surface area (Å²) < 4.78 is 0. The molecule has 0 heterocycles. The van der Waals surface area contributed by atoms with Crippen molar-refractivity contribution in [1.29, 1.82) is 0 Å². The molecule has 0 aromatic rings. The highest BCUT2D eigenvalue weighted by molar-refractivity contribution is 4.74. The fourth-order valence-corrected chi connectivity index (χ4v) is 1.81. The van der Waals surface area contributed by atoms with E-state index in [-0.39, 0.29) is 0 Å². The third kappa shape index (κ3) is 1.70. The summed E-state index contributed by atoms with van der Waals surface area (Å²) >= 11 is 0. The maximum absolute atomic E-state index is 3.94. The van der Waals surface area contributed by atoms with Crippen LogP contribution in [-0.4, -0.2) is 0 Å². The van der Waals surface area contributed by atoms with Crippen molar-refractivity contribution >= 4 is 0 Å². The molecule has 53 valence electrons. The average molecular weight is 125 g/mol. The lowest BCUT2D eigenvalue weighted by molar-refractivity contribution is 0.483. The Hall–Kier alpha value is 0. The van der Waals surface area contributed by atoms with Gasteiger partial charge in [-0.05, 0) is 18.3 Å². The van der Waals surface area contributed by atoms with Crippen LogP contribution in [-0.2, 0) is 0 Å². The molecule has 1 radical (unpaired) electrons. The Morgan fingerprint density at radius 1 is 1.33 bits per heavy atom. The van der Waals surface area contributed by atoms with Gasteiger partial charge in [0.1, 0.15) is 0 Å². The topological polar surface area (TPSA) is 0 Å². The second-order valence-corrected chi connectivity index (χ2v) is 3.24. The summed E-state index contributed by atoms with van der Waals surface area (Å²) in [6, 6.07) is 0. The Morgan fingerprint density at radius 2 is 2.00 bits per heavy atom. The minimum absolute atomic E-state index is 0.968. The molecule has 0 aromatic heterocycles. The van der Waals surface area contributed by atoms with E-state index in [2.05, 4.69) is 13.8 Å². The van der Waals surface area contributed by atoms with Gasteiger partial charge in [0.2, 0.25) is 0 Å². The minimum Gasteiger partial charge on any atom is -0.0651 e. The Morgan fingerprint density at radius 3 is 2.33 bits per heavy atom. The molecule has 9 heavy (non-hydrogen) atoms. The van der Waals surface area contributed by atoms with Gasteiger partial charge in [-0.25, -0.2) is 0 Å². The Kier molecular flexibility index (Phi) is 2.56. The van der Waals surface area contributed by atoms with Gasteiger partial charge in [0.05, 0.1) is 0 Å². The Labute approximate surface area is 58.7 Å². The van der Waals surface area contributed by atoms with Crippen molar-refractivity contribution in [1.82, 2.24) is 0 Å². The summed E-state index contributed by atoms with van der Waals surface area (Å²) in [6.07, 6.45) is 6.92. The third-order valence-corrected chi connectivity index (χ3v) is 2.64. The average Bonchev–Trinajstić information content (AvgIpc) is 2.34. The van der Waals surface area contributed by atoms with E-state index in [1.54, 1.807) is 0 Å². The third-order valence-electron chi connectivity index (χ3n) is 2.64. The monoisotopic (exact) mass is 125 g/mol. The van der Waals surface area contributed by atoms with E-state index in [0.29, 0.717) is 0 Å².